The van der Waals surface area contributed by atoms with Crippen LogP contribution in [0, 0.1) is 11.7 Å². The minimum atomic E-state index is -0.283. The van der Waals surface area contributed by atoms with Crippen molar-refractivity contribution in [3.05, 3.63) is 29.8 Å². The zero-order valence-corrected chi connectivity index (χ0v) is 12.0. The van der Waals surface area contributed by atoms with Gasteiger partial charge in [0.05, 0.1) is 11.6 Å². The smallest absolute Gasteiger partial charge is 0.151 e. The molecule has 104 valence electrons. The van der Waals surface area contributed by atoms with E-state index in [1.54, 1.807) is 6.07 Å². The minimum absolute atomic E-state index is 0.167. The lowest BCUT2D eigenvalue weighted by Gasteiger charge is -2.21. The van der Waals surface area contributed by atoms with E-state index >= 15 is 0 Å². The fourth-order valence-corrected chi connectivity index (χ4v) is 2.39. The SMILES string of the molecule is CCC(C)C(N)c1nc2c(F)cccc2n1C(C)C. The first-order valence-electron chi connectivity index (χ1n) is 6.89. The van der Waals surface area contributed by atoms with Crippen molar-refractivity contribution in [1.29, 1.82) is 0 Å². The average molecular weight is 263 g/mol. The van der Waals surface area contributed by atoms with Crippen LogP contribution in [0.3, 0.4) is 0 Å². The van der Waals surface area contributed by atoms with Crippen molar-refractivity contribution in [3.63, 3.8) is 0 Å². The second-order valence-electron chi connectivity index (χ2n) is 5.45. The van der Waals surface area contributed by atoms with Crippen molar-refractivity contribution in [1.82, 2.24) is 9.55 Å². The zero-order chi connectivity index (χ0) is 14.2. The van der Waals surface area contributed by atoms with Gasteiger partial charge in [-0.3, -0.25) is 0 Å². The summed E-state index contributed by atoms with van der Waals surface area (Å²) in [5, 5.41) is 0. The minimum Gasteiger partial charge on any atom is -0.324 e. The molecule has 2 rings (SSSR count). The Morgan fingerprint density at radius 3 is 2.58 bits per heavy atom. The van der Waals surface area contributed by atoms with E-state index in [0.29, 0.717) is 11.4 Å². The highest BCUT2D eigenvalue weighted by Crippen LogP contribution is 2.29. The molecule has 1 aromatic heterocycles. The molecule has 0 saturated heterocycles. The number of hydrogen-bond acceptors (Lipinski definition) is 2. The van der Waals surface area contributed by atoms with Crippen molar-refractivity contribution >= 4 is 11.0 Å². The first kappa shape index (κ1) is 14.0. The summed E-state index contributed by atoms with van der Waals surface area (Å²) < 4.78 is 15.9. The molecular formula is C15H22FN3. The molecule has 0 saturated carbocycles. The van der Waals surface area contributed by atoms with Crippen LogP contribution in [0.4, 0.5) is 4.39 Å². The third-order valence-corrected chi connectivity index (χ3v) is 3.77. The van der Waals surface area contributed by atoms with Gasteiger partial charge in [-0.2, -0.15) is 0 Å². The van der Waals surface area contributed by atoms with Crippen LogP contribution < -0.4 is 5.73 Å². The van der Waals surface area contributed by atoms with Gasteiger partial charge in [-0.1, -0.05) is 26.3 Å². The lowest BCUT2D eigenvalue weighted by atomic mass is 9.99. The summed E-state index contributed by atoms with van der Waals surface area (Å²) in [4.78, 5) is 4.47. The van der Waals surface area contributed by atoms with Crippen molar-refractivity contribution in [2.75, 3.05) is 0 Å². The molecule has 3 nitrogen and oxygen atoms in total. The van der Waals surface area contributed by atoms with E-state index in [1.807, 2.05) is 6.07 Å². The number of imidazole rings is 1. The number of hydrogen-bond donors (Lipinski definition) is 1. The van der Waals surface area contributed by atoms with E-state index in [-0.39, 0.29) is 17.9 Å². The number of fused-ring (bicyclic) bond motifs is 1. The molecule has 0 aliphatic carbocycles. The Morgan fingerprint density at radius 2 is 2.00 bits per heavy atom. The van der Waals surface area contributed by atoms with Gasteiger partial charge in [0.15, 0.2) is 5.82 Å². The summed E-state index contributed by atoms with van der Waals surface area (Å²) in [5.41, 5.74) is 7.54. The molecule has 4 heteroatoms. The molecule has 0 radical (unpaired) electrons. The highest BCUT2D eigenvalue weighted by molar-refractivity contribution is 5.77. The largest absolute Gasteiger partial charge is 0.324 e. The first-order valence-corrected chi connectivity index (χ1v) is 6.89. The molecule has 0 bridgehead atoms. The lowest BCUT2D eigenvalue weighted by Crippen LogP contribution is -2.23. The van der Waals surface area contributed by atoms with E-state index < -0.39 is 0 Å². The number of nitrogens with zero attached hydrogens (tertiary/aromatic N) is 2. The monoisotopic (exact) mass is 263 g/mol. The summed E-state index contributed by atoms with van der Waals surface area (Å²) in [6, 6.07) is 5.10. The Hall–Kier alpha value is -1.42. The zero-order valence-electron chi connectivity index (χ0n) is 12.0. The van der Waals surface area contributed by atoms with Gasteiger partial charge in [0.25, 0.3) is 0 Å². The van der Waals surface area contributed by atoms with Crippen LogP contribution in [0.5, 0.6) is 0 Å². The summed E-state index contributed by atoms with van der Waals surface area (Å²) >= 11 is 0. The summed E-state index contributed by atoms with van der Waals surface area (Å²) in [6.07, 6.45) is 0.977. The van der Waals surface area contributed by atoms with Crippen molar-refractivity contribution < 1.29 is 4.39 Å². The van der Waals surface area contributed by atoms with E-state index in [4.69, 9.17) is 5.73 Å². The molecule has 0 aliphatic heterocycles. The maximum Gasteiger partial charge on any atom is 0.151 e. The summed E-state index contributed by atoms with van der Waals surface area (Å²) in [5.74, 6) is 0.816. The van der Waals surface area contributed by atoms with Gasteiger partial charge in [0, 0.05) is 6.04 Å². The fourth-order valence-electron chi connectivity index (χ4n) is 2.39. The molecule has 2 N–H and O–H groups in total. The molecule has 2 aromatic rings. The average Bonchev–Trinajstić information content (AvgIpc) is 2.77. The number of nitrogens with two attached hydrogens (primary N) is 1. The molecule has 0 fully saturated rings. The van der Waals surface area contributed by atoms with Gasteiger partial charge >= 0.3 is 0 Å². The summed E-state index contributed by atoms with van der Waals surface area (Å²) in [7, 11) is 0. The molecule has 1 heterocycles. The van der Waals surface area contributed by atoms with Crippen LogP contribution in [-0.4, -0.2) is 9.55 Å². The molecule has 1 aromatic carbocycles. The highest BCUT2D eigenvalue weighted by atomic mass is 19.1. The third kappa shape index (κ3) is 2.37. The maximum atomic E-state index is 13.9. The number of para-hydroxylation sites is 1. The van der Waals surface area contributed by atoms with Gasteiger partial charge in [0.2, 0.25) is 0 Å². The predicted octanol–water partition coefficient (Wildman–Crippen LogP) is 3.80. The Balaban J connectivity index is 2.66. The Morgan fingerprint density at radius 1 is 1.32 bits per heavy atom. The van der Waals surface area contributed by atoms with Gasteiger partial charge < -0.3 is 10.3 Å². The Bertz CT molecular complexity index is 574. The van der Waals surface area contributed by atoms with E-state index in [2.05, 4.69) is 37.2 Å². The van der Waals surface area contributed by atoms with E-state index in [1.165, 1.54) is 6.07 Å². The van der Waals surface area contributed by atoms with Crippen molar-refractivity contribution in [3.8, 4) is 0 Å². The Labute approximate surface area is 113 Å². The fraction of sp³-hybridized carbons (Fsp3) is 0.533. The van der Waals surface area contributed by atoms with Crippen LogP contribution in [0.1, 0.15) is 52.0 Å². The number of rotatable bonds is 4. The summed E-state index contributed by atoms with van der Waals surface area (Å²) in [6.45, 7) is 8.34. The van der Waals surface area contributed by atoms with Gasteiger partial charge in [-0.25, -0.2) is 9.37 Å². The maximum absolute atomic E-state index is 13.9. The predicted molar refractivity (Wildman–Crippen MR) is 76.5 cm³/mol. The molecule has 19 heavy (non-hydrogen) atoms. The van der Waals surface area contributed by atoms with Crippen molar-refractivity contribution in [2.45, 2.75) is 46.2 Å². The van der Waals surface area contributed by atoms with Crippen LogP contribution in [0.2, 0.25) is 0 Å². The van der Waals surface area contributed by atoms with Gasteiger partial charge in [-0.15, -0.1) is 0 Å². The normalized spacial score (nSPS) is 15.1. The van der Waals surface area contributed by atoms with Crippen LogP contribution in [-0.2, 0) is 0 Å². The first-order chi connectivity index (χ1) is 8.97. The standard InChI is InChI=1S/C15H22FN3/c1-5-10(4)13(17)15-18-14-11(16)7-6-8-12(14)19(15)9(2)3/h6-10,13H,5,17H2,1-4H3. The topological polar surface area (TPSA) is 43.8 Å². The van der Waals surface area contributed by atoms with Crippen LogP contribution in [0.25, 0.3) is 11.0 Å². The van der Waals surface area contributed by atoms with E-state index in [0.717, 1.165) is 17.8 Å². The Kier molecular flexibility index (Phi) is 3.90. The van der Waals surface area contributed by atoms with Crippen LogP contribution >= 0.6 is 0 Å². The second-order valence-corrected chi connectivity index (χ2v) is 5.45. The third-order valence-electron chi connectivity index (χ3n) is 3.77. The molecule has 0 amide bonds. The molecular weight excluding hydrogens is 241 g/mol. The number of halogens is 1. The molecule has 0 spiro atoms. The highest BCUT2D eigenvalue weighted by Gasteiger charge is 2.23. The molecule has 0 aliphatic rings. The molecule has 2 atom stereocenters. The lowest BCUT2D eigenvalue weighted by molar-refractivity contribution is 0.415. The molecule has 2 unspecified atom stereocenters. The number of aromatic nitrogens is 2. The van der Waals surface area contributed by atoms with Gasteiger partial charge in [0.1, 0.15) is 11.3 Å². The number of benzene rings is 1. The van der Waals surface area contributed by atoms with Gasteiger partial charge in [-0.05, 0) is 31.9 Å². The van der Waals surface area contributed by atoms with Crippen LogP contribution in [0.15, 0.2) is 18.2 Å². The quantitative estimate of drug-likeness (QED) is 0.911. The van der Waals surface area contributed by atoms with Crippen molar-refractivity contribution in [2.24, 2.45) is 11.7 Å². The van der Waals surface area contributed by atoms with E-state index in [9.17, 15) is 4.39 Å². The second kappa shape index (κ2) is 5.29.